The molecule has 1 atom stereocenters. The van der Waals surface area contributed by atoms with Crippen LogP contribution in [0.4, 0.5) is 4.39 Å². The van der Waals surface area contributed by atoms with Crippen molar-refractivity contribution in [3.8, 4) is 5.75 Å². The van der Waals surface area contributed by atoms with Crippen LogP contribution in [0.5, 0.6) is 5.75 Å². The lowest BCUT2D eigenvalue weighted by Crippen LogP contribution is -2.44. The Morgan fingerprint density at radius 2 is 2.00 bits per heavy atom. The van der Waals surface area contributed by atoms with Crippen molar-refractivity contribution in [3.05, 3.63) is 29.8 Å². The first-order valence-corrected chi connectivity index (χ1v) is 8.50. The van der Waals surface area contributed by atoms with Gasteiger partial charge in [-0.2, -0.15) is 0 Å². The lowest BCUT2D eigenvalue weighted by molar-refractivity contribution is -0.135. The first-order valence-electron chi connectivity index (χ1n) is 8.50. The van der Waals surface area contributed by atoms with Crippen molar-refractivity contribution in [2.24, 2.45) is 5.92 Å². The lowest BCUT2D eigenvalue weighted by Gasteiger charge is -2.30. The minimum absolute atomic E-state index is 0.0403. The number of likely N-dealkylation sites (tertiary alicyclic amines) is 1. The normalized spacial score (nSPS) is 21.4. The molecule has 134 valence electrons. The summed E-state index contributed by atoms with van der Waals surface area (Å²) in [5, 5.41) is 9.14. The topological polar surface area (TPSA) is 49.8 Å². The van der Waals surface area contributed by atoms with Gasteiger partial charge in [0, 0.05) is 13.0 Å². The van der Waals surface area contributed by atoms with Crippen LogP contribution >= 0.6 is 0 Å². The van der Waals surface area contributed by atoms with Gasteiger partial charge < -0.3 is 14.7 Å². The molecule has 5 heteroatoms. The molecule has 1 amide bonds. The highest BCUT2D eigenvalue weighted by molar-refractivity contribution is 5.87. The quantitative estimate of drug-likeness (QED) is 0.868. The molecular weight excluding hydrogens is 309 g/mol. The molecular formula is C19H28FNO3. The van der Waals surface area contributed by atoms with Crippen LogP contribution in [0.1, 0.15) is 39.7 Å². The molecule has 0 aliphatic carbocycles. The number of amides is 1. The maximum Gasteiger partial charge on any atom is 0.232 e. The van der Waals surface area contributed by atoms with E-state index in [0.717, 1.165) is 11.3 Å². The molecule has 1 fully saturated rings. The molecule has 4 nitrogen and oxygen atoms in total. The standard InChI is InChI=1S/C19H28FNO3/c1-14(2)11-24-16-7-5-15(6-8-16)18(3,4)17(23)21-10-9-19(20,12-21)13-22/h5-8,14,22H,9-13H2,1-4H3. The van der Waals surface area contributed by atoms with Crippen molar-refractivity contribution < 1.29 is 19.0 Å². The molecule has 1 saturated heterocycles. The molecule has 24 heavy (non-hydrogen) atoms. The van der Waals surface area contributed by atoms with Crippen LogP contribution in [-0.4, -0.2) is 47.9 Å². The van der Waals surface area contributed by atoms with Gasteiger partial charge in [-0.1, -0.05) is 26.0 Å². The van der Waals surface area contributed by atoms with Crippen molar-refractivity contribution in [1.29, 1.82) is 0 Å². The fourth-order valence-corrected chi connectivity index (χ4v) is 2.89. The van der Waals surface area contributed by atoms with Gasteiger partial charge in [0.05, 0.1) is 25.2 Å². The monoisotopic (exact) mass is 337 g/mol. The van der Waals surface area contributed by atoms with Crippen molar-refractivity contribution in [2.75, 3.05) is 26.3 Å². The Morgan fingerprint density at radius 1 is 1.38 bits per heavy atom. The molecule has 1 aliphatic rings. The maximum atomic E-state index is 14.2. The Morgan fingerprint density at radius 3 is 2.50 bits per heavy atom. The minimum atomic E-state index is -1.67. The van der Waals surface area contributed by atoms with Gasteiger partial charge in [-0.3, -0.25) is 4.79 Å². The van der Waals surface area contributed by atoms with Gasteiger partial charge in [0.25, 0.3) is 0 Å². The van der Waals surface area contributed by atoms with Crippen LogP contribution in [0.15, 0.2) is 24.3 Å². The fraction of sp³-hybridized carbons (Fsp3) is 0.632. The molecule has 1 unspecified atom stereocenters. The average molecular weight is 337 g/mol. The van der Waals surface area contributed by atoms with Gasteiger partial charge in [-0.15, -0.1) is 0 Å². The van der Waals surface area contributed by atoms with E-state index in [1.54, 1.807) is 0 Å². The zero-order valence-electron chi connectivity index (χ0n) is 15.0. The fourth-order valence-electron chi connectivity index (χ4n) is 2.89. The number of ether oxygens (including phenoxy) is 1. The predicted molar refractivity (Wildman–Crippen MR) is 91.9 cm³/mol. The summed E-state index contributed by atoms with van der Waals surface area (Å²) in [5.74, 6) is 1.11. The van der Waals surface area contributed by atoms with E-state index in [1.807, 2.05) is 38.1 Å². The highest BCUT2D eigenvalue weighted by Gasteiger charge is 2.43. The Balaban J connectivity index is 2.08. The molecule has 0 bridgehead atoms. The summed E-state index contributed by atoms with van der Waals surface area (Å²) in [5.41, 5.74) is -1.55. The second-order valence-corrected chi connectivity index (χ2v) is 7.64. The molecule has 0 saturated carbocycles. The van der Waals surface area contributed by atoms with Crippen molar-refractivity contribution >= 4 is 5.91 Å². The SMILES string of the molecule is CC(C)COc1ccc(C(C)(C)C(=O)N2CCC(F)(CO)C2)cc1. The van der Waals surface area contributed by atoms with Crippen molar-refractivity contribution in [2.45, 2.75) is 45.2 Å². The highest BCUT2D eigenvalue weighted by Crippen LogP contribution is 2.32. The first kappa shape index (κ1) is 18.7. The van der Waals surface area contributed by atoms with E-state index in [-0.39, 0.29) is 18.9 Å². The minimum Gasteiger partial charge on any atom is -0.493 e. The number of rotatable bonds is 6. The van der Waals surface area contributed by atoms with Crippen LogP contribution < -0.4 is 4.74 Å². The molecule has 0 radical (unpaired) electrons. The van der Waals surface area contributed by atoms with E-state index < -0.39 is 17.7 Å². The molecule has 0 aromatic heterocycles. The molecule has 0 spiro atoms. The number of nitrogens with zero attached hydrogens (tertiary/aromatic N) is 1. The molecule has 2 rings (SSSR count). The van der Waals surface area contributed by atoms with Crippen LogP contribution in [-0.2, 0) is 10.2 Å². The Kier molecular flexibility index (Phi) is 5.53. The third kappa shape index (κ3) is 4.07. The summed E-state index contributed by atoms with van der Waals surface area (Å²) in [4.78, 5) is 14.3. The number of aliphatic hydroxyl groups excluding tert-OH is 1. The van der Waals surface area contributed by atoms with Gasteiger partial charge in [-0.05, 0) is 37.5 Å². The third-order valence-corrected chi connectivity index (χ3v) is 4.57. The van der Waals surface area contributed by atoms with Crippen LogP contribution in [0.2, 0.25) is 0 Å². The van der Waals surface area contributed by atoms with E-state index in [9.17, 15) is 9.18 Å². The Bertz CT molecular complexity index is 570. The average Bonchev–Trinajstić information content (AvgIpc) is 2.95. The summed E-state index contributed by atoms with van der Waals surface area (Å²) >= 11 is 0. The lowest BCUT2D eigenvalue weighted by atomic mass is 9.83. The summed E-state index contributed by atoms with van der Waals surface area (Å²) in [7, 11) is 0. The van der Waals surface area contributed by atoms with Crippen molar-refractivity contribution in [3.63, 3.8) is 0 Å². The zero-order valence-corrected chi connectivity index (χ0v) is 15.0. The first-order chi connectivity index (χ1) is 11.2. The number of carbonyl (C=O) groups excluding carboxylic acids is 1. The van der Waals surface area contributed by atoms with Crippen molar-refractivity contribution in [1.82, 2.24) is 4.90 Å². The summed E-state index contributed by atoms with van der Waals surface area (Å²) in [6.45, 7) is 8.27. The van der Waals surface area contributed by atoms with E-state index in [2.05, 4.69) is 13.8 Å². The second kappa shape index (κ2) is 7.09. The molecule has 1 aromatic carbocycles. The summed E-state index contributed by atoms with van der Waals surface area (Å²) < 4.78 is 19.8. The summed E-state index contributed by atoms with van der Waals surface area (Å²) in [6.07, 6.45) is 0.188. The Labute approximate surface area is 143 Å². The summed E-state index contributed by atoms with van der Waals surface area (Å²) in [6, 6.07) is 7.50. The zero-order chi connectivity index (χ0) is 18.0. The van der Waals surface area contributed by atoms with Gasteiger partial charge in [0.1, 0.15) is 5.75 Å². The highest BCUT2D eigenvalue weighted by atomic mass is 19.1. The number of aliphatic hydroxyl groups is 1. The van der Waals surface area contributed by atoms with E-state index in [4.69, 9.17) is 9.84 Å². The van der Waals surface area contributed by atoms with Gasteiger partial charge >= 0.3 is 0 Å². The number of carbonyl (C=O) groups is 1. The van der Waals surface area contributed by atoms with Gasteiger partial charge in [0.15, 0.2) is 5.67 Å². The molecule has 1 N–H and O–H groups in total. The predicted octanol–water partition coefficient (Wildman–Crippen LogP) is 2.93. The molecule has 1 aromatic rings. The molecule has 1 aliphatic heterocycles. The Hall–Kier alpha value is -1.62. The third-order valence-electron chi connectivity index (χ3n) is 4.57. The number of hydrogen-bond donors (Lipinski definition) is 1. The van der Waals surface area contributed by atoms with E-state index in [1.165, 1.54) is 4.90 Å². The maximum absolute atomic E-state index is 14.2. The molecule has 1 heterocycles. The number of hydrogen-bond acceptors (Lipinski definition) is 3. The largest absolute Gasteiger partial charge is 0.493 e. The van der Waals surface area contributed by atoms with E-state index >= 15 is 0 Å². The number of benzene rings is 1. The second-order valence-electron chi connectivity index (χ2n) is 7.64. The van der Waals surface area contributed by atoms with Gasteiger partial charge in [-0.25, -0.2) is 4.39 Å². The van der Waals surface area contributed by atoms with Gasteiger partial charge in [0.2, 0.25) is 5.91 Å². The van der Waals surface area contributed by atoms with Crippen LogP contribution in [0.25, 0.3) is 0 Å². The number of alkyl halides is 1. The van der Waals surface area contributed by atoms with E-state index in [0.29, 0.717) is 19.1 Å². The van der Waals surface area contributed by atoms with Crippen LogP contribution in [0.3, 0.4) is 0 Å². The van der Waals surface area contributed by atoms with Crippen LogP contribution in [0, 0.1) is 5.92 Å². The number of halogens is 1. The smallest absolute Gasteiger partial charge is 0.232 e.